The molecule has 0 aromatic heterocycles. The summed E-state index contributed by atoms with van der Waals surface area (Å²) in [5, 5.41) is 16.4. The van der Waals surface area contributed by atoms with E-state index < -0.39 is 6.16 Å². The minimum atomic E-state index is -1.32. The van der Waals surface area contributed by atoms with Gasteiger partial charge in [-0.1, -0.05) is 32.4 Å². The number of benzene rings is 1. The van der Waals surface area contributed by atoms with Crippen molar-refractivity contribution < 1.29 is 29.0 Å². The molecule has 8 N–H and O–H groups in total. The summed E-state index contributed by atoms with van der Waals surface area (Å²) in [5.41, 5.74) is 11.7. The van der Waals surface area contributed by atoms with Gasteiger partial charge in [0, 0.05) is 5.69 Å². The molecule has 0 saturated carbocycles. The van der Waals surface area contributed by atoms with Gasteiger partial charge in [0.05, 0.1) is 19.1 Å². The Bertz CT molecular complexity index is 655. The van der Waals surface area contributed by atoms with E-state index in [1.165, 1.54) is 6.42 Å². The Balaban J connectivity index is 0. The smallest absolute Gasteiger partial charge is 0.450 e. The molecular formula is C21H37N5O6. The van der Waals surface area contributed by atoms with Crippen LogP contribution in [-0.2, 0) is 25.7 Å². The monoisotopic (exact) mass is 455 g/mol. The second kappa shape index (κ2) is 21.2. The third-order valence-corrected chi connectivity index (χ3v) is 3.51. The Morgan fingerprint density at radius 3 is 2.19 bits per heavy atom. The van der Waals surface area contributed by atoms with Crippen LogP contribution in [0, 0.1) is 0 Å². The fraction of sp³-hybridized carbons (Fsp3) is 0.524. The van der Waals surface area contributed by atoms with Crippen molar-refractivity contribution in [1.29, 1.82) is 0 Å². The SMILES string of the molecule is CCC.CN[C@@H](CCCN)C(=O)Nc1ccc(COC(=O)O)cc1.NCC(=O)NCC=O. The third-order valence-electron chi connectivity index (χ3n) is 3.51. The number of ether oxygens (including phenoxy) is 1. The van der Waals surface area contributed by atoms with E-state index >= 15 is 0 Å². The number of rotatable bonds is 11. The van der Waals surface area contributed by atoms with Gasteiger partial charge in [-0.3, -0.25) is 9.59 Å². The summed E-state index contributed by atoms with van der Waals surface area (Å²) in [6.45, 7) is 4.77. The quantitative estimate of drug-likeness (QED) is 0.207. The lowest BCUT2D eigenvalue weighted by molar-refractivity contribution is -0.121. The van der Waals surface area contributed by atoms with Crippen LogP contribution >= 0.6 is 0 Å². The predicted octanol–water partition coefficient (Wildman–Crippen LogP) is 0.823. The second-order valence-electron chi connectivity index (χ2n) is 6.39. The lowest BCUT2D eigenvalue weighted by Gasteiger charge is -2.15. The summed E-state index contributed by atoms with van der Waals surface area (Å²) in [6, 6.07) is 6.52. The summed E-state index contributed by atoms with van der Waals surface area (Å²) >= 11 is 0. The van der Waals surface area contributed by atoms with Gasteiger partial charge in [0.25, 0.3) is 0 Å². The van der Waals surface area contributed by atoms with E-state index in [4.69, 9.17) is 16.6 Å². The molecule has 1 atom stereocenters. The first kappa shape index (κ1) is 31.2. The van der Waals surface area contributed by atoms with Crippen molar-refractivity contribution >= 4 is 29.9 Å². The Hall–Kier alpha value is -3.02. The zero-order valence-electron chi connectivity index (χ0n) is 19.1. The van der Waals surface area contributed by atoms with Crippen molar-refractivity contribution in [3.63, 3.8) is 0 Å². The number of carbonyl (C=O) groups excluding carboxylic acids is 3. The van der Waals surface area contributed by atoms with Crippen LogP contribution in [0.2, 0.25) is 0 Å². The molecule has 2 amide bonds. The number of aldehydes is 1. The van der Waals surface area contributed by atoms with Crippen LogP contribution < -0.4 is 27.4 Å². The third kappa shape index (κ3) is 17.8. The zero-order valence-corrected chi connectivity index (χ0v) is 19.1. The average molecular weight is 456 g/mol. The van der Waals surface area contributed by atoms with Crippen LogP contribution in [-0.4, -0.2) is 62.1 Å². The van der Waals surface area contributed by atoms with Crippen LogP contribution in [0.3, 0.4) is 0 Å². The molecule has 1 rings (SSSR count). The van der Waals surface area contributed by atoms with Crippen molar-refractivity contribution in [3.05, 3.63) is 29.8 Å². The van der Waals surface area contributed by atoms with Gasteiger partial charge in [0.15, 0.2) is 0 Å². The van der Waals surface area contributed by atoms with E-state index in [-0.39, 0.29) is 37.6 Å². The van der Waals surface area contributed by atoms with Crippen LogP contribution in [0.15, 0.2) is 24.3 Å². The Morgan fingerprint density at radius 2 is 1.75 bits per heavy atom. The number of carbonyl (C=O) groups is 4. The summed E-state index contributed by atoms with van der Waals surface area (Å²) < 4.78 is 4.46. The van der Waals surface area contributed by atoms with Crippen molar-refractivity contribution in [3.8, 4) is 0 Å². The van der Waals surface area contributed by atoms with Crippen LogP contribution in [0.4, 0.5) is 10.5 Å². The van der Waals surface area contributed by atoms with E-state index in [1.807, 2.05) is 0 Å². The van der Waals surface area contributed by atoms with Gasteiger partial charge in [-0.05, 0) is 44.1 Å². The van der Waals surface area contributed by atoms with Crippen LogP contribution in [0.1, 0.15) is 38.7 Å². The lowest BCUT2D eigenvalue weighted by Crippen LogP contribution is -2.38. The number of anilines is 1. The Morgan fingerprint density at radius 1 is 1.16 bits per heavy atom. The number of hydrogen-bond donors (Lipinski definition) is 6. The van der Waals surface area contributed by atoms with Crippen LogP contribution in [0.25, 0.3) is 0 Å². The van der Waals surface area contributed by atoms with Gasteiger partial charge in [-0.2, -0.15) is 0 Å². The van der Waals surface area contributed by atoms with Gasteiger partial charge in [0.1, 0.15) is 12.9 Å². The minimum Gasteiger partial charge on any atom is -0.450 e. The lowest BCUT2D eigenvalue weighted by atomic mass is 10.1. The van der Waals surface area contributed by atoms with Crippen molar-refractivity contribution in [2.24, 2.45) is 11.5 Å². The van der Waals surface area contributed by atoms with E-state index in [0.29, 0.717) is 30.5 Å². The molecular weight excluding hydrogens is 418 g/mol. The maximum absolute atomic E-state index is 12.0. The molecule has 0 bridgehead atoms. The fourth-order valence-corrected chi connectivity index (χ4v) is 2.01. The second-order valence-corrected chi connectivity index (χ2v) is 6.39. The zero-order chi connectivity index (χ0) is 24.8. The molecule has 11 heteroatoms. The van der Waals surface area contributed by atoms with Gasteiger partial charge in [0.2, 0.25) is 11.8 Å². The summed E-state index contributed by atoms with van der Waals surface area (Å²) in [6.07, 6.45) is 1.98. The summed E-state index contributed by atoms with van der Waals surface area (Å²) in [5.74, 6) is -0.433. The highest BCUT2D eigenvalue weighted by molar-refractivity contribution is 5.94. The topological polar surface area (TPSA) is 186 Å². The molecule has 32 heavy (non-hydrogen) atoms. The highest BCUT2D eigenvalue weighted by Crippen LogP contribution is 2.11. The van der Waals surface area contributed by atoms with Crippen molar-refractivity contribution in [2.45, 2.75) is 45.8 Å². The van der Waals surface area contributed by atoms with E-state index in [0.717, 1.165) is 6.42 Å². The van der Waals surface area contributed by atoms with Gasteiger partial charge < -0.3 is 42.1 Å². The maximum Gasteiger partial charge on any atom is 0.506 e. The first-order valence-corrected chi connectivity index (χ1v) is 10.3. The number of amides is 2. The molecule has 0 radical (unpaired) electrons. The molecule has 0 heterocycles. The predicted molar refractivity (Wildman–Crippen MR) is 123 cm³/mol. The molecule has 182 valence electrons. The minimum absolute atomic E-state index is 0.0147. The molecule has 0 aliphatic rings. The van der Waals surface area contributed by atoms with Crippen molar-refractivity contribution in [1.82, 2.24) is 10.6 Å². The number of likely N-dealkylation sites (N-methyl/N-ethyl adjacent to an activating group) is 1. The number of hydrogen-bond acceptors (Lipinski definition) is 8. The fourth-order valence-electron chi connectivity index (χ4n) is 2.01. The first-order chi connectivity index (χ1) is 15.3. The number of nitrogens with two attached hydrogens (primary N) is 2. The van der Waals surface area contributed by atoms with Crippen molar-refractivity contribution in [2.75, 3.05) is 32.0 Å². The van der Waals surface area contributed by atoms with Crippen LogP contribution in [0.5, 0.6) is 0 Å². The molecule has 0 unspecified atom stereocenters. The Kier molecular flexibility index (Phi) is 20.7. The summed E-state index contributed by atoms with van der Waals surface area (Å²) in [4.78, 5) is 42.1. The first-order valence-electron chi connectivity index (χ1n) is 10.3. The summed E-state index contributed by atoms with van der Waals surface area (Å²) in [7, 11) is 1.73. The highest BCUT2D eigenvalue weighted by Gasteiger charge is 2.15. The largest absolute Gasteiger partial charge is 0.506 e. The Labute approximate surface area is 189 Å². The van der Waals surface area contributed by atoms with E-state index in [2.05, 4.69) is 34.5 Å². The molecule has 1 aromatic carbocycles. The number of carboxylic acid groups (broad SMARTS) is 1. The van der Waals surface area contributed by atoms with Gasteiger partial charge in [-0.15, -0.1) is 0 Å². The molecule has 0 saturated heterocycles. The molecule has 11 nitrogen and oxygen atoms in total. The molecule has 0 aliphatic heterocycles. The van der Waals surface area contributed by atoms with Gasteiger partial charge in [-0.25, -0.2) is 4.79 Å². The molecule has 1 aromatic rings. The van der Waals surface area contributed by atoms with E-state index in [9.17, 15) is 19.2 Å². The normalized spacial score (nSPS) is 10.3. The van der Waals surface area contributed by atoms with E-state index in [1.54, 1.807) is 31.3 Å². The molecule has 0 fully saturated rings. The maximum atomic E-state index is 12.0. The highest BCUT2D eigenvalue weighted by atomic mass is 16.7. The van der Waals surface area contributed by atoms with Gasteiger partial charge >= 0.3 is 6.16 Å². The average Bonchev–Trinajstić information content (AvgIpc) is 2.78. The standard InChI is InChI=1S/C14H21N3O4.C4H8N2O2.C3H8/c1-16-12(3-2-8-15)13(18)17-11-6-4-10(5-7-11)9-21-14(19)20;5-3-4(8)6-1-2-7;1-3-2/h4-7,12,16H,2-3,8-9,15H2,1H3,(H,17,18)(H,19,20);2H,1,3,5H2,(H,6,8);3H2,1-2H3/t12-;;/m0../s1. The molecule has 0 spiro atoms. The number of nitrogens with one attached hydrogen (secondary N) is 3. The molecule has 0 aliphatic carbocycles.